The summed E-state index contributed by atoms with van der Waals surface area (Å²) in [5.41, 5.74) is 2.34. The van der Waals surface area contributed by atoms with Crippen LogP contribution in [0, 0.1) is 0 Å². The average molecular weight is 257 g/mol. The van der Waals surface area contributed by atoms with Gasteiger partial charge in [-0.15, -0.1) is 0 Å². The van der Waals surface area contributed by atoms with E-state index in [0.717, 1.165) is 38.0 Å². The Morgan fingerprint density at radius 1 is 1.26 bits per heavy atom. The summed E-state index contributed by atoms with van der Waals surface area (Å²) >= 11 is 0. The Kier molecular flexibility index (Phi) is 3.51. The number of hydrogen-bond donors (Lipinski definition) is 2. The lowest BCUT2D eigenvalue weighted by Crippen LogP contribution is -2.35. The topological polar surface area (TPSA) is 48.1 Å². The third-order valence-corrected chi connectivity index (χ3v) is 3.68. The zero-order chi connectivity index (χ0) is 13.1. The molecule has 19 heavy (non-hydrogen) atoms. The Balaban J connectivity index is 1.52. The van der Waals surface area contributed by atoms with E-state index in [9.17, 15) is 4.79 Å². The molecule has 3 rings (SSSR count). The summed E-state index contributed by atoms with van der Waals surface area (Å²) in [6.45, 7) is 3.02. The highest BCUT2D eigenvalue weighted by Crippen LogP contribution is 2.14. The molecule has 4 nitrogen and oxygen atoms in total. The Labute approximate surface area is 112 Å². The van der Waals surface area contributed by atoms with Gasteiger partial charge in [0.2, 0.25) is 5.91 Å². The molecule has 1 amide bonds. The first-order valence-electron chi connectivity index (χ1n) is 6.87. The van der Waals surface area contributed by atoms with Gasteiger partial charge < -0.3 is 15.2 Å². The zero-order valence-corrected chi connectivity index (χ0v) is 11.0. The van der Waals surface area contributed by atoms with Crippen molar-refractivity contribution in [3.8, 4) is 0 Å². The molecule has 1 aliphatic heterocycles. The number of carbonyl (C=O) groups excluding carboxylic acids is 1. The van der Waals surface area contributed by atoms with Crippen molar-refractivity contribution >= 4 is 16.8 Å². The van der Waals surface area contributed by atoms with Crippen LogP contribution in [-0.2, 0) is 11.3 Å². The van der Waals surface area contributed by atoms with Gasteiger partial charge in [-0.3, -0.25) is 4.79 Å². The third-order valence-electron chi connectivity index (χ3n) is 3.68. The molecule has 0 radical (unpaired) electrons. The van der Waals surface area contributed by atoms with Crippen LogP contribution in [0.2, 0.25) is 0 Å². The van der Waals surface area contributed by atoms with Gasteiger partial charge in [0.15, 0.2) is 0 Å². The quantitative estimate of drug-likeness (QED) is 0.878. The molecule has 0 bridgehead atoms. The van der Waals surface area contributed by atoms with Gasteiger partial charge >= 0.3 is 0 Å². The van der Waals surface area contributed by atoms with Crippen LogP contribution in [0.15, 0.2) is 30.5 Å². The minimum Gasteiger partial charge on any atom is -0.361 e. The maximum atomic E-state index is 11.9. The van der Waals surface area contributed by atoms with E-state index in [2.05, 4.69) is 34.6 Å². The van der Waals surface area contributed by atoms with E-state index in [1.807, 2.05) is 11.1 Å². The number of benzene rings is 1. The standard InChI is InChI=1S/C15H19N3O/c19-15(18-7-1-2-8-18)11-16-10-12-3-4-13-5-6-17-14(13)9-12/h3-6,9,16-17H,1-2,7-8,10-11H2. The number of nitrogens with zero attached hydrogens (tertiary/aromatic N) is 1. The second kappa shape index (κ2) is 5.45. The molecule has 0 spiro atoms. The fraction of sp³-hybridized carbons (Fsp3) is 0.400. The van der Waals surface area contributed by atoms with Crippen molar-refractivity contribution in [2.75, 3.05) is 19.6 Å². The zero-order valence-electron chi connectivity index (χ0n) is 11.0. The molecule has 100 valence electrons. The van der Waals surface area contributed by atoms with Gasteiger partial charge in [-0.25, -0.2) is 0 Å². The van der Waals surface area contributed by atoms with E-state index in [0.29, 0.717) is 6.54 Å². The molecule has 0 unspecified atom stereocenters. The fourth-order valence-electron chi connectivity index (χ4n) is 2.60. The number of H-pyrrole nitrogens is 1. The number of carbonyl (C=O) groups is 1. The highest BCUT2D eigenvalue weighted by molar-refractivity contribution is 5.80. The minimum atomic E-state index is 0.221. The lowest BCUT2D eigenvalue weighted by Gasteiger charge is -2.15. The lowest BCUT2D eigenvalue weighted by molar-refractivity contribution is -0.129. The molecular formula is C15H19N3O. The maximum Gasteiger partial charge on any atom is 0.236 e. The molecule has 1 aromatic carbocycles. The van der Waals surface area contributed by atoms with Gasteiger partial charge in [-0.1, -0.05) is 12.1 Å². The summed E-state index contributed by atoms with van der Waals surface area (Å²) in [4.78, 5) is 17.0. The largest absolute Gasteiger partial charge is 0.361 e. The number of likely N-dealkylation sites (tertiary alicyclic amines) is 1. The van der Waals surface area contributed by atoms with E-state index < -0.39 is 0 Å². The van der Waals surface area contributed by atoms with Gasteiger partial charge in [-0.2, -0.15) is 0 Å². The molecule has 1 saturated heterocycles. The Bertz CT molecular complexity index is 570. The van der Waals surface area contributed by atoms with Crippen LogP contribution in [0.1, 0.15) is 18.4 Å². The van der Waals surface area contributed by atoms with Crippen LogP contribution in [0.4, 0.5) is 0 Å². The maximum absolute atomic E-state index is 11.9. The van der Waals surface area contributed by atoms with Crippen LogP contribution >= 0.6 is 0 Å². The first kappa shape index (κ1) is 12.2. The van der Waals surface area contributed by atoms with Crippen LogP contribution in [-0.4, -0.2) is 35.4 Å². The van der Waals surface area contributed by atoms with Gasteiger partial charge in [-0.05, 0) is 35.9 Å². The first-order chi connectivity index (χ1) is 9.33. The second-order valence-corrected chi connectivity index (χ2v) is 5.09. The monoisotopic (exact) mass is 257 g/mol. The summed E-state index contributed by atoms with van der Waals surface area (Å²) in [5, 5.41) is 4.45. The van der Waals surface area contributed by atoms with Crippen LogP contribution in [0.3, 0.4) is 0 Å². The summed E-state index contributed by atoms with van der Waals surface area (Å²) in [7, 11) is 0. The smallest absolute Gasteiger partial charge is 0.236 e. The molecule has 1 aliphatic rings. The molecule has 0 saturated carbocycles. The summed E-state index contributed by atoms with van der Waals surface area (Å²) in [5.74, 6) is 0.221. The van der Waals surface area contributed by atoms with E-state index >= 15 is 0 Å². The minimum absolute atomic E-state index is 0.221. The number of amides is 1. The molecule has 2 aromatic rings. The van der Waals surface area contributed by atoms with Gasteiger partial charge in [0.25, 0.3) is 0 Å². The van der Waals surface area contributed by atoms with Crippen molar-refractivity contribution in [2.24, 2.45) is 0 Å². The second-order valence-electron chi connectivity index (χ2n) is 5.09. The molecule has 0 aliphatic carbocycles. The van der Waals surface area contributed by atoms with E-state index in [1.54, 1.807) is 0 Å². The molecule has 1 aromatic heterocycles. The fourth-order valence-corrected chi connectivity index (χ4v) is 2.60. The van der Waals surface area contributed by atoms with Crippen molar-refractivity contribution in [2.45, 2.75) is 19.4 Å². The summed E-state index contributed by atoms with van der Waals surface area (Å²) in [6, 6.07) is 8.39. The number of nitrogens with one attached hydrogen (secondary N) is 2. The Hall–Kier alpha value is -1.81. The first-order valence-corrected chi connectivity index (χ1v) is 6.87. The van der Waals surface area contributed by atoms with Gasteiger partial charge in [0.05, 0.1) is 6.54 Å². The van der Waals surface area contributed by atoms with E-state index in [-0.39, 0.29) is 5.91 Å². The van der Waals surface area contributed by atoms with Crippen molar-refractivity contribution in [3.63, 3.8) is 0 Å². The highest BCUT2D eigenvalue weighted by atomic mass is 16.2. The van der Waals surface area contributed by atoms with Crippen molar-refractivity contribution in [3.05, 3.63) is 36.0 Å². The molecule has 0 atom stereocenters. The molecule has 4 heteroatoms. The Morgan fingerprint density at radius 3 is 2.95 bits per heavy atom. The van der Waals surface area contributed by atoms with Crippen molar-refractivity contribution < 1.29 is 4.79 Å². The molecule has 2 heterocycles. The highest BCUT2D eigenvalue weighted by Gasteiger charge is 2.16. The van der Waals surface area contributed by atoms with E-state index in [4.69, 9.17) is 0 Å². The van der Waals surface area contributed by atoms with Crippen LogP contribution in [0.5, 0.6) is 0 Å². The average Bonchev–Trinajstić information content (AvgIpc) is 3.09. The SMILES string of the molecule is O=C(CNCc1ccc2cc[nH]c2c1)N1CCCC1. The van der Waals surface area contributed by atoms with Crippen LogP contribution < -0.4 is 5.32 Å². The van der Waals surface area contributed by atoms with Crippen molar-refractivity contribution in [1.82, 2.24) is 15.2 Å². The van der Waals surface area contributed by atoms with Crippen LogP contribution in [0.25, 0.3) is 10.9 Å². The van der Waals surface area contributed by atoms with Crippen molar-refractivity contribution in [1.29, 1.82) is 0 Å². The molecule has 2 N–H and O–H groups in total. The predicted octanol–water partition coefficient (Wildman–Crippen LogP) is 1.88. The molecular weight excluding hydrogens is 238 g/mol. The number of rotatable bonds is 4. The van der Waals surface area contributed by atoms with Gasteiger partial charge in [0, 0.05) is 31.3 Å². The number of aromatic nitrogens is 1. The summed E-state index contributed by atoms with van der Waals surface area (Å²) in [6.07, 6.45) is 4.24. The number of fused-ring (bicyclic) bond motifs is 1. The number of aromatic amines is 1. The van der Waals surface area contributed by atoms with E-state index in [1.165, 1.54) is 10.9 Å². The summed E-state index contributed by atoms with van der Waals surface area (Å²) < 4.78 is 0. The normalized spacial score (nSPS) is 15.3. The number of hydrogen-bond acceptors (Lipinski definition) is 2. The third kappa shape index (κ3) is 2.79. The Morgan fingerprint density at radius 2 is 2.11 bits per heavy atom. The van der Waals surface area contributed by atoms with Gasteiger partial charge in [0.1, 0.15) is 0 Å². The predicted molar refractivity (Wildman–Crippen MR) is 75.8 cm³/mol. The lowest BCUT2D eigenvalue weighted by atomic mass is 10.1. The molecule has 1 fully saturated rings.